The number of alkyl halides is 2. The molecule has 1 rings (SSSR count). The summed E-state index contributed by atoms with van der Waals surface area (Å²) in [5, 5.41) is 17.2. The molecule has 8 heteroatoms. The Morgan fingerprint density at radius 3 is 2.27 bits per heavy atom. The smallest absolute Gasteiger partial charge is 0.432 e. The molecule has 2 N–H and O–H groups in total. The van der Waals surface area contributed by atoms with Gasteiger partial charge in [0.25, 0.3) is 0 Å². The van der Waals surface area contributed by atoms with Crippen LogP contribution in [0.5, 0.6) is 5.75 Å². The van der Waals surface area contributed by atoms with Crippen LogP contribution in [0.2, 0.25) is 0 Å². The maximum atomic E-state index is 12.8. The summed E-state index contributed by atoms with van der Waals surface area (Å²) in [6.45, 7) is -3.33. The molecule has 0 saturated carbocycles. The third-order valence-electron chi connectivity index (χ3n) is 1.53. The van der Waals surface area contributed by atoms with Crippen LogP contribution in [0.1, 0.15) is 0 Å². The summed E-state index contributed by atoms with van der Waals surface area (Å²) < 4.78 is 52.6. The van der Waals surface area contributed by atoms with Gasteiger partial charge in [0, 0.05) is 0 Å². The van der Waals surface area contributed by atoms with Gasteiger partial charge in [-0.15, -0.1) is 0 Å². The van der Waals surface area contributed by atoms with Crippen molar-refractivity contribution in [3.8, 4) is 5.75 Å². The minimum absolute atomic E-state index is 0.471. The Kier molecular flexibility index (Phi) is 3.54. The zero-order chi connectivity index (χ0) is 11.6. The van der Waals surface area contributed by atoms with Gasteiger partial charge in [0.15, 0.2) is 11.6 Å². The highest BCUT2D eigenvalue weighted by Gasteiger charge is 2.20. The van der Waals surface area contributed by atoms with Gasteiger partial charge in [0.05, 0.1) is 0 Å². The van der Waals surface area contributed by atoms with E-state index in [-0.39, 0.29) is 0 Å². The van der Waals surface area contributed by atoms with E-state index in [4.69, 9.17) is 10.0 Å². The molecule has 0 aliphatic heterocycles. The summed E-state index contributed by atoms with van der Waals surface area (Å²) >= 11 is 0. The van der Waals surface area contributed by atoms with E-state index in [0.29, 0.717) is 12.1 Å². The fourth-order valence-electron chi connectivity index (χ4n) is 0.915. The molecule has 15 heavy (non-hydrogen) atoms. The summed E-state index contributed by atoms with van der Waals surface area (Å²) in [4.78, 5) is 0. The lowest BCUT2D eigenvalue weighted by molar-refractivity contribution is -0.0524. The van der Waals surface area contributed by atoms with Crippen LogP contribution in [0, 0.1) is 11.6 Å². The van der Waals surface area contributed by atoms with Gasteiger partial charge in [-0.1, -0.05) is 0 Å². The van der Waals surface area contributed by atoms with Crippen LogP contribution in [0.25, 0.3) is 0 Å². The Morgan fingerprint density at radius 1 is 1.20 bits per heavy atom. The molecule has 0 saturated heterocycles. The van der Waals surface area contributed by atoms with E-state index < -0.39 is 36.6 Å². The quantitative estimate of drug-likeness (QED) is 0.571. The van der Waals surface area contributed by atoms with Gasteiger partial charge in [-0.25, -0.2) is 4.39 Å². The molecular formula is C7H5BF4O3. The van der Waals surface area contributed by atoms with Gasteiger partial charge in [-0.3, -0.25) is 0 Å². The fraction of sp³-hybridized carbons (Fsp3) is 0.143. The normalized spacial score (nSPS) is 10.6. The molecule has 1 aromatic rings. The SMILES string of the molecule is OB(O)c1cc(F)c(F)c(OC(F)F)c1. The maximum absolute atomic E-state index is 12.8. The predicted molar refractivity (Wildman–Crippen MR) is 42.8 cm³/mol. The molecule has 82 valence electrons. The lowest BCUT2D eigenvalue weighted by Gasteiger charge is -2.08. The van der Waals surface area contributed by atoms with Crippen LogP contribution in [-0.2, 0) is 0 Å². The van der Waals surface area contributed by atoms with Gasteiger partial charge in [0.1, 0.15) is 0 Å². The first-order valence-electron chi connectivity index (χ1n) is 3.71. The molecule has 0 radical (unpaired) electrons. The minimum Gasteiger partial charge on any atom is -0.432 e. The highest BCUT2D eigenvalue weighted by atomic mass is 19.3. The molecule has 0 atom stereocenters. The standard InChI is InChI=1S/C7H5BF4O3/c9-4-1-3(8(13)14)2-5(6(4)10)15-7(11)12/h1-2,7,13-14H. The molecule has 0 aliphatic carbocycles. The predicted octanol–water partition coefficient (Wildman–Crippen LogP) is 0.246. The zero-order valence-electron chi connectivity index (χ0n) is 7.12. The van der Waals surface area contributed by atoms with Crippen molar-refractivity contribution in [3.05, 3.63) is 23.8 Å². The van der Waals surface area contributed by atoms with E-state index in [0.717, 1.165) is 0 Å². The number of halogens is 4. The van der Waals surface area contributed by atoms with Crippen LogP contribution >= 0.6 is 0 Å². The van der Waals surface area contributed by atoms with E-state index in [2.05, 4.69) is 4.74 Å². The van der Waals surface area contributed by atoms with Crippen LogP contribution < -0.4 is 10.2 Å². The van der Waals surface area contributed by atoms with Crippen molar-refractivity contribution in [2.45, 2.75) is 6.61 Å². The molecule has 0 spiro atoms. The highest BCUT2D eigenvalue weighted by Crippen LogP contribution is 2.20. The summed E-state index contributed by atoms with van der Waals surface area (Å²) in [5.41, 5.74) is -0.482. The van der Waals surface area contributed by atoms with Gasteiger partial charge >= 0.3 is 13.7 Å². The highest BCUT2D eigenvalue weighted by molar-refractivity contribution is 6.58. The largest absolute Gasteiger partial charge is 0.488 e. The van der Waals surface area contributed by atoms with Crippen LogP contribution in [0.3, 0.4) is 0 Å². The van der Waals surface area contributed by atoms with E-state index in [1.54, 1.807) is 0 Å². The van der Waals surface area contributed by atoms with Crippen molar-refractivity contribution < 1.29 is 32.3 Å². The zero-order valence-corrected chi connectivity index (χ0v) is 7.12. The second kappa shape index (κ2) is 4.50. The average Bonchev–Trinajstić information content (AvgIpc) is 2.11. The Hall–Kier alpha value is -1.28. The van der Waals surface area contributed by atoms with E-state index in [9.17, 15) is 17.6 Å². The number of rotatable bonds is 3. The minimum atomic E-state index is -3.33. The number of benzene rings is 1. The van der Waals surface area contributed by atoms with Crippen LogP contribution in [-0.4, -0.2) is 23.8 Å². The Labute approximate surface area is 82.1 Å². The van der Waals surface area contributed by atoms with Crippen molar-refractivity contribution in [3.63, 3.8) is 0 Å². The maximum Gasteiger partial charge on any atom is 0.488 e. The second-order valence-corrected chi connectivity index (χ2v) is 2.57. The molecule has 0 bridgehead atoms. The molecule has 1 aromatic carbocycles. The topological polar surface area (TPSA) is 49.7 Å². The Balaban J connectivity index is 3.13. The van der Waals surface area contributed by atoms with E-state index in [1.165, 1.54) is 0 Å². The van der Waals surface area contributed by atoms with Gasteiger partial charge in [-0.2, -0.15) is 13.2 Å². The van der Waals surface area contributed by atoms with E-state index in [1.807, 2.05) is 0 Å². The Bertz CT molecular complexity index is 358. The van der Waals surface area contributed by atoms with Gasteiger partial charge < -0.3 is 14.8 Å². The second-order valence-electron chi connectivity index (χ2n) is 2.57. The average molecular weight is 224 g/mol. The molecule has 0 unspecified atom stereocenters. The summed E-state index contributed by atoms with van der Waals surface area (Å²) in [6.07, 6.45) is 0. The summed E-state index contributed by atoms with van der Waals surface area (Å²) in [5.74, 6) is -4.19. The lowest BCUT2D eigenvalue weighted by Crippen LogP contribution is -2.30. The van der Waals surface area contributed by atoms with Crippen molar-refractivity contribution >= 4 is 12.6 Å². The third kappa shape index (κ3) is 2.83. The monoisotopic (exact) mass is 224 g/mol. The first kappa shape index (κ1) is 11.8. The first-order chi connectivity index (χ1) is 6.91. The first-order valence-corrected chi connectivity index (χ1v) is 3.71. The summed E-state index contributed by atoms with van der Waals surface area (Å²) in [6, 6.07) is 1.05. The molecule has 0 aliphatic rings. The van der Waals surface area contributed by atoms with Gasteiger partial charge in [-0.05, 0) is 17.6 Å². The molecule has 0 fully saturated rings. The number of ether oxygens (including phenoxy) is 1. The van der Waals surface area contributed by atoms with Crippen LogP contribution in [0.15, 0.2) is 12.1 Å². The summed E-state index contributed by atoms with van der Waals surface area (Å²) in [7, 11) is -2.10. The van der Waals surface area contributed by atoms with Crippen LogP contribution in [0.4, 0.5) is 17.6 Å². The fourth-order valence-corrected chi connectivity index (χ4v) is 0.915. The van der Waals surface area contributed by atoms with Crippen molar-refractivity contribution in [1.29, 1.82) is 0 Å². The van der Waals surface area contributed by atoms with E-state index >= 15 is 0 Å². The Morgan fingerprint density at radius 2 is 1.80 bits per heavy atom. The lowest BCUT2D eigenvalue weighted by atomic mass is 9.80. The molecular weight excluding hydrogens is 219 g/mol. The number of hydrogen-bond donors (Lipinski definition) is 2. The third-order valence-corrected chi connectivity index (χ3v) is 1.53. The van der Waals surface area contributed by atoms with Crippen molar-refractivity contribution in [1.82, 2.24) is 0 Å². The molecule has 0 heterocycles. The molecule has 0 amide bonds. The molecule has 3 nitrogen and oxygen atoms in total. The molecule has 0 aromatic heterocycles. The number of hydrogen-bond acceptors (Lipinski definition) is 3. The van der Waals surface area contributed by atoms with Gasteiger partial charge in [0.2, 0.25) is 5.82 Å². The van der Waals surface area contributed by atoms with Crippen molar-refractivity contribution in [2.75, 3.05) is 0 Å². The van der Waals surface area contributed by atoms with Crippen molar-refractivity contribution in [2.24, 2.45) is 0 Å².